The minimum absolute atomic E-state index is 0.255. The van der Waals surface area contributed by atoms with Gasteiger partial charge in [-0.15, -0.1) is 0 Å². The van der Waals surface area contributed by atoms with Crippen LogP contribution in [0.25, 0.3) is 0 Å². The Bertz CT molecular complexity index is 394. The number of ether oxygens (including phenoxy) is 1. The smallest absolute Gasteiger partial charge is 0.0758 e. The highest BCUT2D eigenvalue weighted by Gasteiger charge is 2.18. The minimum Gasteiger partial charge on any atom is -0.378 e. The largest absolute Gasteiger partial charge is 0.378 e. The van der Waals surface area contributed by atoms with E-state index in [4.69, 9.17) is 16.3 Å². The zero-order valence-corrected chi connectivity index (χ0v) is 13.0. The normalized spacial score (nSPS) is 20.2. The number of aromatic nitrogens is 1. The van der Waals surface area contributed by atoms with Crippen molar-refractivity contribution in [3.63, 3.8) is 0 Å². The van der Waals surface area contributed by atoms with Crippen LogP contribution >= 0.6 is 11.6 Å². The van der Waals surface area contributed by atoms with Crippen LogP contribution in [0.3, 0.4) is 0 Å². The van der Waals surface area contributed by atoms with E-state index in [1.807, 2.05) is 18.3 Å². The second kappa shape index (κ2) is 8.60. The van der Waals surface area contributed by atoms with Crippen LogP contribution in [0, 0.1) is 0 Å². The van der Waals surface area contributed by atoms with Gasteiger partial charge < -0.3 is 10.1 Å². The summed E-state index contributed by atoms with van der Waals surface area (Å²) in [6, 6.07) is 4.06. The summed E-state index contributed by atoms with van der Waals surface area (Å²) in [5.74, 6) is 0. The molecule has 0 saturated carbocycles. The molecule has 1 saturated heterocycles. The average Bonchev–Trinajstić information content (AvgIpc) is 2.97. The Morgan fingerprint density at radius 2 is 2.45 bits per heavy atom. The van der Waals surface area contributed by atoms with Gasteiger partial charge in [0.25, 0.3) is 0 Å². The Hall–Kier alpha value is -0.640. The van der Waals surface area contributed by atoms with E-state index < -0.39 is 0 Å². The van der Waals surface area contributed by atoms with Crippen molar-refractivity contribution in [3.05, 3.63) is 29.0 Å². The third kappa shape index (κ3) is 4.72. The standard InChI is InChI=1S/C16H25ClN2O/c1-2-10-18-15(16-14(17)8-4-11-19-16)9-3-6-13-7-5-12-20-13/h4,8,11,13,15,18H,2-3,5-7,9-10,12H2,1H3. The molecule has 3 nitrogen and oxygen atoms in total. The summed E-state index contributed by atoms with van der Waals surface area (Å²) < 4.78 is 5.68. The summed E-state index contributed by atoms with van der Waals surface area (Å²) in [5, 5.41) is 4.33. The van der Waals surface area contributed by atoms with Crippen molar-refractivity contribution in [3.8, 4) is 0 Å². The third-order valence-corrected chi connectivity index (χ3v) is 4.12. The summed E-state index contributed by atoms with van der Waals surface area (Å²) in [7, 11) is 0. The van der Waals surface area contributed by atoms with Crippen molar-refractivity contribution >= 4 is 11.6 Å². The SMILES string of the molecule is CCCNC(CCCC1CCCO1)c1ncccc1Cl. The second-order valence-corrected chi connectivity index (χ2v) is 5.85. The second-order valence-electron chi connectivity index (χ2n) is 5.44. The monoisotopic (exact) mass is 296 g/mol. The lowest BCUT2D eigenvalue weighted by Crippen LogP contribution is -2.23. The first-order valence-corrected chi connectivity index (χ1v) is 8.14. The first-order chi connectivity index (χ1) is 9.81. The van der Waals surface area contributed by atoms with Crippen LogP contribution in [0.2, 0.25) is 5.02 Å². The van der Waals surface area contributed by atoms with E-state index in [1.54, 1.807) is 0 Å². The topological polar surface area (TPSA) is 34.1 Å². The van der Waals surface area contributed by atoms with Gasteiger partial charge in [0, 0.05) is 12.8 Å². The van der Waals surface area contributed by atoms with Crippen LogP contribution in [0.15, 0.2) is 18.3 Å². The molecule has 20 heavy (non-hydrogen) atoms. The van der Waals surface area contributed by atoms with Crippen LogP contribution in [-0.4, -0.2) is 24.2 Å². The van der Waals surface area contributed by atoms with Gasteiger partial charge in [-0.25, -0.2) is 0 Å². The van der Waals surface area contributed by atoms with Crippen molar-refractivity contribution in [2.75, 3.05) is 13.2 Å². The quantitative estimate of drug-likeness (QED) is 0.783. The summed E-state index contributed by atoms with van der Waals surface area (Å²) >= 11 is 6.28. The van der Waals surface area contributed by atoms with Gasteiger partial charge in [-0.2, -0.15) is 0 Å². The Kier molecular flexibility index (Phi) is 6.77. The molecule has 0 radical (unpaired) electrons. The molecule has 4 heteroatoms. The lowest BCUT2D eigenvalue weighted by molar-refractivity contribution is 0.101. The highest BCUT2D eigenvalue weighted by atomic mass is 35.5. The number of rotatable bonds is 8. The number of hydrogen-bond acceptors (Lipinski definition) is 3. The average molecular weight is 297 g/mol. The van der Waals surface area contributed by atoms with Crippen molar-refractivity contribution in [2.45, 2.75) is 57.6 Å². The van der Waals surface area contributed by atoms with Crippen LogP contribution in [-0.2, 0) is 4.74 Å². The van der Waals surface area contributed by atoms with Gasteiger partial charge in [-0.05, 0) is 57.2 Å². The van der Waals surface area contributed by atoms with E-state index >= 15 is 0 Å². The highest BCUT2D eigenvalue weighted by molar-refractivity contribution is 6.31. The van der Waals surface area contributed by atoms with Crippen molar-refractivity contribution in [1.82, 2.24) is 10.3 Å². The van der Waals surface area contributed by atoms with E-state index in [0.29, 0.717) is 6.10 Å². The maximum Gasteiger partial charge on any atom is 0.0758 e. The van der Waals surface area contributed by atoms with E-state index in [1.165, 1.54) is 12.8 Å². The molecule has 0 aromatic carbocycles. The zero-order valence-electron chi connectivity index (χ0n) is 12.3. The molecule has 0 bridgehead atoms. The molecule has 2 heterocycles. The summed E-state index contributed by atoms with van der Waals surface area (Å²) in [6.07, 6.45) is 9.21. The number of halogens is 1. The van der Waals surface area contributed by atoms with Gasteiger partial charge in [-0.3, -0.25) is 4.98 Å². The number of nitrogens with one attached hydrogen (secondary N) is 1. The zero-order chi connectivity index (χ0) is 14.2. The lowest BCUT2D eigenvalue weighted by atomic mass is 10.0. The fourth-order valence-corrected chi connectivity index (χ4v) is 2.98. The predicted octanol–water partition coefficient (Wildman–Crippen LogP) is 4.13. The molecule has 1 aliphatic rings. The Morgan fingerprint density at radius 3 is 3.15 bits per heavy atom. The Balaban J connectivity index is 1.87. The van der Waals surface area contributed by atoms with Crippen molar-refractivity contribution in [1.29, 1.82) is 0 Å². The van der Waals surface area contributed by atoms with Gasteiger partial charge >= 0.3 is 0 Å². The lowest BCUT2D eigenvalue weighted by Gasteiger charge is -2.19. The number of pyridine rings is 1. The molecule has 0 spiro atoms. The highest BCUT2D eigenvalue weighted by Crippen LogP contribution is 2.26. The van der Waals surface area contributed by atoms with E-state index in [2.05, 4.69) is 17.2 Å². The van der Waals surface area contributed by atoms with Gasteiger partial charge in [0.15, 0.2) is 0 Å². The predicted molar refractivity (Wildman–Crippen MR) is 83.1 cm³/mol. The Labute approximate surface area is 127 Å². The summed E-state index contributed by atoms with van der Waals surface area (Å²) in [6.45, 7) is 4.11. The molecule has 2 rings (SSSR count). The van der Waals surface area contributed by atoms with Crippen LogP contribution in [0.1, 0.15) is 57.2 Å². The molecule has 1 fully saturated rings. The van der Waals surface area contributed by atoms with E-state index in [9.17, 15) is 0 Å². The van der Waals surface area contributed by atoms with Gasteiger partial charge in [-0.1, -0.05) is 18.5 Å². The van der Waals surface area contributed by atoms with Crippen LogP contribution < -0.4 is 5.32 Å². The molecular weight excluding hydrogens is 272 g/mol. The van der Waals surface area contributed by atoms with Crippen LogP contribution in [0.5, 0.6) is 0 Å². The molecule has 0 aliphatic carbocycles. The molecule has 112 valence electrons. The molecule has 1 aromatic heterocycles. The molecule has 1 N–H and O–H groups in total. The van der Waals surface area contributed by atoms with Gasteiger partial charge in [0.05, 0.1) is 22.9 Å². The summed E-state index contributed by atoms with van der Waals surface area (Å²) in [5.41, 5.74) is 0.981. The van der Waals surface area contributed by atoms with Gasteiger partial charge in [0.2, 0.25) is 0 Å². The molecular formula is C16H25ClN2O. The molecule has 1 aliphatic heterocycles. The molecule has 2 unspecified atom stereocenters. The van der Waals surface area contributed by atoms with Crippen LogP contribution in [0.4, 0.5) is 0 Å². The Morgan fingerprint density at radius 1 is 1.55 bits per heavy atom. The molecule has 1 aromatic rings. The fourth-order valence-electron chi connectivity index (χ4n) is 2.73. The molecule has 2 atom stereocenters. The number of nitrogens with zero attached hydrogens (tertiary/aromatic N) is 1. The summed E-state index contributed by atoms with van der Waals surface area (Å²) in [4.78, 5) is 4.46. The fraction of sp³-hybridized carbons (Fsp3) is 0.688. The number of hydrogen-bond donors (Lipinski definition) is 1. The van der Waals surface area contributed by atoms with E-state index in [-0.39, 0.29) is 6.04 Å². The maximum atomic E-state index is 6.28. The van der Waals surface area contributed by atoms with Gasteiger partial charge in [0.1, 0.15) is 0 Å². The minimum atomic E-state index is 0.255. The van der Waals surface area contributed by atoms with E-state index in [0.717, 1.165) is 49.6 Å². The first kappa shape index (κ1) is 15.7. The maximum absolute atomic E-state index is 6.28. The third-order valence-electron chi connectivity index (χ3n) is 3.80. The molecule has 0 amide bonds. The van der Waals surface area contributed by atoms with Crippen molar-refractivity contribution in [2.24, 2.45) is 0 Å². The first-order valence-electron chi connectivity index (χ1n) is 7.76. The van der Waals surface area contributed by atoms with Crippen molar-refractivity contribution < 1.29 is 4.74 Å².